The van der Waals surface area contributed by atoms with Crippen LogP contribution in [0.1, 0.15) is 5.82 Å². The van der Waals surface area contributed by atoms with Gasteiger partial charge in [-0.2, -0.15) is 13.2 Å². The van der Waals surface area contributed by atoms with Crippen LogP contribution in [0.15, 0.2) is 18.5 Å². The summed E-state index contributed by atoms with van der Waals surface area (Å²) in [7, 11) is 0. The molecule has 2 aromatic rings. The van der Waals surface area contributed by atoms with Crippen LogP contribution in [0, 0.1) is 6.92 Å². The molecule has 2 N–H and O–H groups in total. The Balaban J connectivity index is 0.000000185. The number of aliphatic carboxylic acids is 1. The lowest BCUT2D eigenvalue weighted by Gasteiger charge is -1.93. The first-order chi connectivity index (χ1) is 7.80. The number of hydrogen-bond donors (Lipinski definition) is 2. The fourth-order valence-corrected chi connectivity index (χ4v) is 0.927. The molecule has 0 aliphatic carbocycles. The molecule has 0 saturated carbocycles. The Morgan fingerprint density at radius 3 is 2.59 bits per heavy atom. The van der Waals surface area contributed by atoms with Crippen LogP contribution in [0.3, 0.4) is 0 Å². The first kappa shape index (κ1) is 12.9. The van der Waals surface area contributed by atoms with Crippen LogP contribution in [0.5, 0.6) is 0 Å². The van der Waals surface area contributed by atoms with Crippen molar-refractivity contribution in [1.29, 1.82) is 0 Å². The standard InChI is InChI=1S/C7H7N3.C2HF3O2/c1-5-9-4-6-2-3-8-7(6)10-5;3-2(4,5)1(6)7/h2-4H,1H3,(H,8,9,10);(H,6,7). The molecule has 0 aliphatic heterocycles. The van der Waals surface area contributed by atoms with E-state index in [1.807, 2.05) is 25.4 Å². The molecule has 0 unspecified atom stereocenters. The van der Waals surface area contributed by atoms with Crippen molar-refractivity contribution >= 4 is 17.0 Å². The normalized spacial score (nSPS) is 10.8. The summed E-state index contributed by atoms with van der Waals surface area (Å²) in [5.41, 5.74) is 0.910. The van der Waals surface area contributed by atoms with Gasteiger partial charge in [0.2, 0.25) is 0 Å². The van der Waals surface area contributed by atoms with Gasteiger partial charge in [-0.15, -0.1) is 0 Å². The Hall–Kier alpha value is -2.12. The highest BCUT2D eigenvalue weighted by Crippen LogP contribution is 2.13. The molecule has 17 heavy (non-hydrogen) atoms. The van der Waals surface area contributed by atoms with Crippen LogP contribution >= 0.6 is 0 Å². The third-order valence-corrected chi connectivity index (χ3v) is 1.66. The summed E-state index contributed by atoms with van der Waals surface area (Å²) in [6.45, 7) is 1.88. The third-order valence-electron chi connectivity index (χ3n) is 1.66. The summed E-state index contributed by atoms with van der Waals surface area (Å²) < 4.78 is 31.7. The fourth-order valence-electron chi connectivity index (χ4n) is 0.927. The lowest BCUT2D eigenvalue weighted by atomic mass is 10.4. The number of fused-ring (bicyclic) bond motifs is 1. The van der Waals surface area contributed by atoms with E-state index in [2.05, 4.69) is 15.0 Å². The molecule has 2 rings (SSSR count). The van der Waals surface area contributed by atoms with Gasteiger partial charge in [0.25, 0.3) is 0 Å². The van der Waals surface area contributed by atoms with Crippen molar-refractivity contribution in [3.05, 3.63) is 24.3 Å². The first-order valence-corrected chi connectivity index (χ1v) is 4.37. The number of nitrogens with zero attached hydrogens (tertiary/aromatic N) is 2. The molecule has 0 amide bonds. The van der Waals surface area contributed by atoms with Gasteiger partial charge in [0, 0.05) is 17.8 Å². The van der Waals surface area contributed by atoms with E-state index in [0.717, 1.165) is 16.9 Å². The van der Waals surface area contributed by atoms with Crippen LogP contribution in [-0.2, 0) is 4.79 Å². The molecular formula is C9H8F3N3O2. The number of carbonyl (C=O) groups is 1. The molecule has 92 valence electrons. The fraction of sp³-hybridized carbons (Fsp3) is 0.222. The highest BCUT2D eigenvalue weighted by Gasteiger charge is 2.38. The molecule has 5 nitrogen and oxygen atoms in total. The molecule has 2 aromatic heterocycles. The monoisotopic (exact) mass is 247 g/mol. The Kier molecular flexibility index (Phi) is 3.66. The highest BCUT2D eigenvalue weighted by atomic mass is 19.4. The molecule has 0 aromatic carbocycles. The van der Waals surface area contributed by atoms with Crippen molar-refractivity contribution in [2.75, 3.05) is 0 Å². The minimum Gasteiger partial charge on any atom is -0.475 e. The summed E-state index contributed by atoms with van der Waals surface area (Å²) in [4.78, 5) is 20.1. The Morgan fingerprint density at radius 2 is 2.06 bits per heavy atom. The van der Waals surface area contributed by atoms with Crippen molar-refractivity contribution in [2.45, 2.75) is 13.1 Å². The van der Waals surface area contributed by atoms with Gasteiger partial charge in [-0.1, -0.05) is 0 Å². The number of nitrogens with one attached hydrogen (secondary N) is 1. The molecule has 0 atom stereocenters. The SMILES string of the molecule is Cc1ncc2cc[nH]c2n1.O=C(O)C(F)(F)F. The quantitative estimate of drug-likeness (QED) is 0.745. The van der Waals surface area contributed by atoms with Crippen molar-refractivity contribution in [3.8, 4) is 0 Å². The van der Waals surface area contributed by atoms with Crippen LogP contribution in [0.25, 0.3) is 11.0 Å². The molecule has 0 fully saturated rings. The maximum Gasteiger partial charge on any atom is 0.490 e. The van der Waals surface area contributed by atoms with Crippen LogP contribution in [0.2, 0.25) is 0 Å². The molecule has 0 aliphatic rings. The Bertz CT molecular complexity index is 521. The maximum atomic E-state index is 10.6. The van der Waals surface area contributed by atoms with Gasteiger partial charge in [0.1, 0.15) is 11.5 Å². The zero-order chi connectivity index (χ0) is 13.1. The largest absolute Gasteiger partial charge is 0.490 e. The van der Waals surface area contributed by atoms with E-state index in [1.54, 1.807) is 0 Å². The van der Waals surface area contributed by atoms with Gasteiger partial charge >= 0.3 is 12.1 Å². The second-order valence-electron chi connectivity index (χ2n) is 3.00. The predicted octanol–water partition coefficient (Wildman–Crippen LogP) is 1.90. The van der Waals surface area contributed by atoms with Gasteiger partial charge in [-0.25, -0.2) is 14.8 Å². The molecule has 0 radical (unpaired) electrons. The number of carboxylic acids is 1. The number of alkyl halides is 3. The third kappa shape index (κ3) is 3.74. The topological polar surface area (TPSA) is 78.9 Å². The minimum atomic E-state index is -5.08. The van der Waals surface area contributed by atoms with E-state index in [9.17, 15) is 13.2 Å². The average Bonchev–Trinajstić information content (AvgIpc) is 2.63. The van der Waals surface area contributed by atoms with Crippen LogP contribution < -0.4 is 0 Å². The van der Waals surface area contributed by atoms with Gasteiger partial charge in [-0.05, 0) is 13.0 Å². The number of aromatic nitrogens is 3. The molecule has 2 heterocycles. The molecule has 0 saturated heterocycles. The number of aryl methyl sites for hydroxylation is 1. The number of H-pyrrole nitrogens is 1. The maximum absolute atomic E-state index is 10.6. The van der Waals surface area contributed by atoms with Gasteiger partial charge in [0.05, 0.1) is 0 Å². The van der Waals surface area contributed by atoms with E-state index < -0.39 is 12.1 Å². The van der Waals surface area contributed by atoms with Gasteiger partial charge < -0.3 is 10.1 Å². The summed E-state index contributed by atoms with van der Waals surface area (Å²) >= 11 is 0. The van der Waals surface area contributed by atoms with Crippen LogP contribution in [0.4, 0.5) is 13.2 Å². The number of rotatable bonds is 0. The molecule has 0 spiro atoms. The smallest absolute Gasteiger partial charge is 0.475 e. The average molecular weight is 247 g/mol. The summed E-state index contributed by atoms with van der Waals surface area (Å²) in [5, 5.41) is 8.19. The number of aromatic amines is 1. The second kappa shape index (κ2) is 4.81. The number of carboxylic acid groups (broad SMARTS) is 1. The van der Waals surface area contributed by atoms with Crippen molar-refractivity contribution in [2.24, 2.45) is 0 Å². The minimum absolute atomic E-state index is 0.801. The van der Waals surface area contributed by atoms with Crippen molar-refractivity contribution < 1.29 is 23.1 Å². The lowest BCUT2D eigenvalue weighted by molar-refractivity contribution is -0.192. The number of halogens is 3. The van der Waals surface area contributed by atoms with E-state index in [4.69, 9.17) is 9.90 Å². The molecule has 8 heteroatoms. The van der Waals surface area contributed by atoms with Crippen molar-refractivity contribution in [1.82, 2.24) is 15.0 Å². The number of hydrogen-bond acceptors (Lipinski definition) is 3. The van der Waals surface area contributed by atoms with E-state index in [0.29, 0.717) is 0 Å². The Labute approximate surface area is 93.3 Å². The first-order valence-electron chi connectivity index (χ1n) is 4.37. The summed E-state index contributed by atoms with van der Waals surface area (Å²) in [6, 6.07) is 1.95. The summed E-state index contributed by atoms with van der Waals surface area (Å²) in [6.07, 6.45) is -1.41. The van der Waals surface area contributed by atoms with E-state index >= 15 is 0 Å². The van der Waals surface area contributed by atoms with Gasteiger partial charge in [-0.3, -0.25) is 0 Å². The van der Waals surface area contributed by atoms with Gasteiger partial charge in [0.15, 0.2) is 0 Å². The lowest BCUT2D eigenvalue weighted by Crippen LogP contribution is -2.21. The second-order valence-corrected chi connectivity index (χ2v) is 3.00. The van der Waals surface area contributed by atoms with E-state index in [-0.39, 0.29) is 0 Å². The van der Waals surface area contributed by atoms with Crippen molar-refractivity contribution in [3.63, 3.8) is 0 Å². The zero-order valence-electron chi connectivity index (χ0n) is 8.62. The Morgan fingerprint density at radius 1 is 1.47 bits per heavy atom. The predicted molar refractivity (Wildman–Crippen MR) is 52.3 cm³/mol. The molecular weight excluding hydrogens is 239 g/mol. The highest BCUT2D eigenvalue weighted by molar-refractivity contribution is 5.73. The van der Waals surface area contributed by atoms with Crippen LogP contribution in [-0.4, -0.2) is 32.2 Å². The molecule has 0 bridgehead atoms. The zero-order valence-corrected chi connectivity index (χ0v) is 8.62. The van der Waals surface area contributed by atoms with E-state index in [1.165, 1.54) is 0 Å². The summed E-state index contributed by atoms with van der Waals surface area (Å²) in [5.74, 6) is -1.96.